The van der Waals surface area contributed by atoms with E-state index in [1.807, 2.05) is 44.6 Å². The van der Waals surface area contributed by atoms with Crippen LogP contribution in [0.2, 0.25) is 0 Å². The Morgan fingerprint density at radius 3 is 2.81 bits per heavy atom. The van der Waals surface area contributed by atoms with Gasteiger partial charge in [0.25, 0.3) is 0 Å². The van der Waals surface area contributed by atoms with Crippen LogP contribution in [0, 0.1) is 6.92 Å². The zero-order valence-corrected chi connectivity index (χ0v) is 9.81. The normalized spacial score (nSPS) is 12.4. The van der Waals surface area contributed by atoms with Gasteiger partial charge in [-0.3, -0.25) is 4.68 Å². The molecule has 1 atom stereocenters. The van der Waals surface area contributed by atoms with Gasteiger partial charge in [0.15, 0.2) is 0 Å². The number of hydrogen-bond acceptors (Lipinski definition) is 3. The molecule has 2 aromatic rings. The molecule has 0 amide bonds. The van der Waals surface area contributed by atoms with Gasteiger partial charge in [-0.05, 0) is 26.0 Å². The highest BCUT2D eigenvalue weighted by molar-refractivity contribution is 5.38. The van der Waals surface area contributed by atoms with Crippen LogP contribution in [0.5, 0.6) is 0 Å². The molecule has 4 nitrogen and oxygen atoms in total. The number of aryl methyl sites for hydroxylation is 2. The van der Waals surface area contributed by atoms with E-state index in [-0.39, 0.29) is 6.04 Å². The van der Waals surface area contributed by atoms with Crippen LogP contribution in [0.25, 0.3) is 0 Å². The third-order valence-corrected chi connectivity index (χ3v) is 2.48. The highest BCUT2D eigenvalue weighted by Crippen LogP contribution is 2.16. The molecule has 84 valence electrons. The Balaban J connectivity index is 2.10. The molecule has 1 unspecified atom stereocenters. The molecule has 0 bridgehead atoms. The zero-order chi connectivity index (χ0) is 11.5. The van der Waals surface area contributed by atoms with Crippen LogP contribution in [0.1, 0.15) is 24.2 Å². The van der Waals surface area contributed by atoms with Gasteiger partial charge >= 0.3 is 0 Å². The number of aromatic nitrogens is 3. The second-order valence-corrected chi connectivity index (χ2v) is 3.98. The van der Waals surface area contributed by atoms with Crippen molar-refractivity contribution >= 4 is 5.82 Å². The van der Waals surface area contributed by atoms with E-state index < -0.39 is 0 Å². The number of nitrogens with one attached hydrogen (secondary N) is 1. The van der Waals surface area contributed by atoms with Crippen molar-refractivity contribution in [2.45, 2.75) is 19.9 Å². The van der Waals surface area contributed by atoms with Gasteiger partial charge in [-0.2, -0.15) is 5.10 Å². The van der Waals surface area contributed by atoms with Gasteiger partial charge in [0, 0.05) is 24.5 Å². The van der Waals surface area contributed by atoms with Crippen molar-refractivity contribution in [2.75, 3.05) is 5.32 Å². The Labute approximate surface area is 95.3 Å². The van der Waals surface area contributed by atoms with Crippen molar-refractivity contribution in [3.8, 4) is 0 Å². The van der Waals surface area contributed by atoms with E-state index in [9.17, 15) is 0 Å². The molecule has 2 heterocycles. The fourth-order valence-corrected chi connectivity index (χ4v) is 1.59. The molecule has 0 aliphatic rings. The Hall–Kier alpha value is -1.84. The van der Waals surface area contributed by atoms with E-state index in [0.717, 1.165) is 17.1 Å². The monoisotopic (exact) mass is 216 g/mol. The highest BCUT2D eigenvalue weighted by Gasteiger charge is 2.07. The predicted octanol–water partition coefficient (Wildman–Crippen LogP) is 2.30. The average Bonchev–Trinajstić information content (AvgIpc) is 2.65. The van der Waals surface area contributed by atoms with Crippen molar-refractivity contribution < 1.29 is 0 Å². The maximum Gasteiger partial charge on any atom is 0.126 e. The maximum absolute atomic E-state index is 4.41. The Morgan fingerprint density at radius 2 is 2.19 bits per heavy atom. The van der Waals surface area contributed by atoms with Gasteiger partial charge in [0.1, 0.15) is 5.82 Å². The maximum atomic E-state index is 4.41. The van der Waals surface area contributed by atoms with Crippen LogP contribution in [0.4, 0.5) is 5.82 Å². The van der Waals surface area contributed by atoms with Crippen molar-refractivity contribution in [3.05, 3.63) is 41.9 Å². The Kier molecular flexibility index (Phi) is 2.90. The lowest BCUT2D eigenvalue weighted by molar-refractivity contribution is 0.765. The standard InChI is InChI=1S/C12H16N4/c1-9-5-4-6-12(14-9)15-10(2)11-7-13-16(3)8-11/h4-8,10H,1-3H3,(H,14,15). The first-order valence-corrected chi connectivity index (χ1v) is 5.34. The summed E-state index contributed by atoms with van der Waals surface area (Å²) in [5, 5.41) is 7.50. The predicted molar refractivity (Wildman–Crippen MR) is 64.2 cm³/mol. The van der Waals surface area contributed by atoms with Gasteiger partial charge in [-0.15, -0.1) is 0 Å². The summed E-state index contributed by atoms with van der Waals surface area (Å²) < 4.78 is 1.80. The summed E-state index contributed by atoms with van der Waals surface area (Å²) in [5.74, 6) is 0.899. The van der Waals surface area contributed by atoms with Crippen LogP contribution >= 0.6 is 0 Å². The largest absolute Gasteiger partial charge is 0.363 e. The van der Waals surface area contributed by atoms with Gasteiger partial charge in [0.05, 0.1) is 12.2 Å². The quantitative estimate of drug-likeness (QED) is 0.856. The van der Waals surface area contributed by atoms with Gasteiger partial charge in [-0.25, -0.2) is 4.98 Å². The summed E-state index contributed by atoms with van der Waals surface area (Å²) in [6.07, 6.45) is 3.88. The molecule has 0 fully saturated rings. The van der Waals surface area contributed by atoms with Crippen molar-refractivity contribution in [3.63, 3.8) is 0 Å². The fourth-order valence-electron chi connectivity index (χ4n) is 1.59. The van der Waals surface area contributed by atoms with Gasteiger partial charge in [0.2, 0.25) is 0 Å². The van der Waals surface area contributed by atoms with E-state index in [1.54, 1.807) is 4.68 Å². The second-order valence-electron chi connectivity index (χ2n) is 3.98. The molecule has 2 aromatic heterocycles. The van der Waals surface area contributed by atoms with Crippen LogP contribution in [-0.4, -0.2) is 14.8 Å². The minimum atomic E-state index is 0.211. The molecule has 0 aromatic carbocycles. The van der Waals surface area contributed by atoms with Crippen LogP contribution < -0.4 is 5.32 Å². The van der Waals surface area contributed by atoms with E-state index >= 15 is 0 Å². The van der Waals surface area contributed by atoms with Crippen molar-refractivity contribution in [1.29, 1.82) is 0 Å². The van der Waals surface area contributed by atoms with Crippen molar-refractivity contribution in [2.24, 2.45) is 7.05 Å². The highest BCUT2D eigenvalue weighted by atomic mass is 15.2. The molecule has 16 heavy (non-hydrogen) atoms. The lowest BCUT2D eigenvalue weighted by Gasteiger charge is -2.12. The SMILES string of the molecule is Cc1cccc(NC(C)c2cnn(C)c2)n1. The topological polar surface area (TPSA) is 42.7 Å². The van der Waals surface area contributed by atoms with Crippen LogP contribution in [0.15, 0.2) is 30.6 Å². The summed E-state index contributed by atoms with van der Waals surface area (Å²) in [6, 6.07) is 6.17. The van der Waals surface area contributed by atoms with Crippen LogP contribution in [0.3, 0.4) is 0 Å². The average molecular weight is 216 g/mol. The third-order valence-electron chi connectivity index (χ3n) is 2.48. The van der Waals surface area contributed by atoms with E-state index in [2.05, 4.69) is 22.3 Å². The van der Waals surface area contributed by atoms with Gasteiger partial charge < -0.3 is 5.32 Å². The van der Waals surface area contributed by atoms with Gasteiger partial charge in [-0.1, -0.05) is 6.07 Å². The zero-order valence-electron chi connectivity index (χ0n) is 9.81. The Morgan fingerprint density at radius 1 is 1.38 bits per heavy atom. The summed E-state index contributed by atoms with van der Waals surface area (Å²) >= 11 is 0. The molecule has 2 rings (SSSR count). The smallest absolute Gasteiger partial charge is 0.126 e. The molecule has 0 aliphatic heterocycles. The molecule has 1 N–H and O–H groups in total. The van der Waals surface area contributed by atoms with E-state index in [4.69, 9.17) is 0 Å². The third kappa shape index (κ3) is 2.39. The first-order chi connectivity index (χ1) is 7.65. The molecular weight excluding hydrogens is 200 g/mol. The van der Waals surface area contributed by atoms with E-state index in [1.165, 1.54) is 0 Å². The molecule has 0 radical (unpaired) electrons. The summed E-state index contributed by atoms with van der Waals surface area (Å²) in [4.78, 5) is 4.41. The Bertz CT molecular complexity index is 475. The summed E-state index contributed by atoms with van der Waals surface area (Å²) in [5.41, 5.74) is 2.18. The first-order valence-electron chi connectivity index (χ1n) is 5.34. The number of anilines is 1. The number of rotatable bonds is 3. The van der Waals surface area contributed by atoms with Crippen molar-refractivity contribution in [1.82, 2.24) is 14.8 Å². The number of nitrogens with zero attached hydrogens (tertiary/aromatic N) is 3. The molecule has 4 heteroatoms. The number of hydrogen-bond donors (Lipinski definition) is 1. The summed E-state index contributed by atoms with van der Waals surface area (Å²) in [7, 11) is 1.92. The lowest BCUT2D eigenvalue weighted by Crippen LogP contribution is -2.07. The minimum absolute atomic E-state index is 0.211. The minimum Gasteiger partial charge on any atom is -0.363 e. The molecule has 0 aliphatic carbocycles. The summed E-state index contributed by atoms with van der Waals surface area (Å²) in [6.45, 7) is 4.08. The number of pyridine rings is 1. The first kappa shape index (κ1) is 10.7. The van der Waals surface area contributed by atoms with Crippen LogP contribution in [-0.2, 0) is 7.05 Å². The molecular formula is C12H16N4. The van der Waals surface area contributed by atoms with E-state index in [0.29, 0.717) is 0 Å². The molecule has 0 saturated carbocycles. The molecule has 0 saturated heterocycles. The fraction of sp³-hybridized carbons (Fsp3) is 0.333. The second kappa shape index (κ2) is 4.35. The lowest BCUT2D eigenvalue weighted by atomic mass is 10.2. The molecule has 0 spiro atoms.